The lowest BCUT2D eigenvalue weighted by molar-refractivity contribution is 0.318. The van der Waals surface area contributed by atoms with Crippen LogP contribution in [-0.4, -0.2) is 33.6 Å². The van der Waals surface area contributed by atoms with E-state index in [4.69, 9.17) is 10.9 Å². The average molecular weight is 261 g/mol. The van der Waals surface area contributed by atoms with Crippen molar-refractivity contribution >= 4 is 11.8 Å². The highest BCUT2D eigenvalue weighted by atomic mass is 16.4. The molecular weight excluding hydrogens is 242 g/mol. The van der Waals surface area contributed by atoms with Crippen LogP contribution in [0.2, 0.25) is 0 Å². The molecule has 6 heteroatoms. The summed E-state index contributed by atoms with van der Waals surface area (Å²) in [6, 6.07) is 2.23. The quantitative estimate of drug-likeness (QED) is 0.363. The van der Waals surface area contributed by atoms with Crippen LogP contribution >= 0.6 is 0 Å². The molecule has 0 radical (unpaired) electrons. The van der Waals surface area contributed by atoms with Gasteiger partial charge in [0.05, 0.1) is 0 Å². The van der Waals surface area contributed by atoms with Gasteiger partial charge >= 0.3 is 0 Å². The SMILES string of the molecule is N/C(=N/O)c1ccnc(N2CCC3CCCCC32)n1. The monoisotopic (exact) mass is 261 g/mol. The van der Waals surface area contributed by atoms with Crippen LogP contribution < -0.4 is 10.6 Å². The zero-order chi connectivity index (χ0) is 13.2. The van der Waals surface area contributed by atoms with E-state index in [0.717, 1.165) is 12.5 Å². The molecule has 1 aliphatic carbocycles. The highest BCUT2D eigenvalue weighted by molar-refractivity contribution is 5.95. The lowest BCUT2D eigenvalue weighted by Gasteiger charge is -2.31. The Hall–Kier alpha value is -1.85. The molecule has 0 bridgehead atoms. The van der Waals surface area contributed by atoms with Crippen LogP contribution in [0.25, 0.3) is 0 Å². The number of rotatable bonds is 2. The summed E-state index contributed by atoms with van der Waals surface area (Å²) in [6.07, 6.45) is 8.08. The van der Waals surface area contributed by atoms with Gasteiger partial charge in [-0.1, -0.05) is 18.0 Å². The number of amidine groups is 1. The summed E-state index contributed by atoms with van der Waals surface area (Å²) in [5, 5.41) is 11.7. The van der Waals surface area contributed by atoms with Crippen molar-refractivity contribution in [1.29, 1.82) is 0 Å². The van der Waals surface area contributed by atoms with Gasteiger partial charge in [-0.2, -0.15) is 0 Å². The minimum atomic E-state index is 0.0306. The fraction of sp³-hybridized carbons (Fsp3) is 0.615. The van der Waals surface area contributed by atoms with Crippen molar-refractivity contribution in [3.8, 4) is 0 Å². The van der Waals surface area contributed by atoms with E-state index in [1.165, 1.54) is 32.1 Å². The second kappa shape index (κ2) is 5.03. The third-order valence-electron chi connectivity index (χ3n) is 4.28. The van der Waals surface area contributed by atoms with Gasteiger partial charge < -0.3 is 15.8 Å². The molecule has 2 fully saturated rings. The van der Waals surface area contributed by atoms with Gasteiger partial charge in [-0.05, 0) is 31.2 Å². The van der Waals surface area contributed by atoms with Crippen LogP contribution in [0.1, 0.15) is 37.8 Å². The molecule has 3 N–H and O–H groups in total. The number of hydrogen-bond acceptors (Lipinski definition) is 5. The molecule has 1 saturated heterocycles. The first-order valence-electron chi connectivity index (χ1n) is 6.87. The van der Waals surface area contributed by atoms with Crippen molar-refractivity contribution in [2.24, 2.45) is 16.8 Å². The third-order valence-corrected chi connectivity index (χ3v) is 4.28. The lowest BCUT2D eigenvalue weighted by atomic mass is 9.85. The van der Waals surface area contributed by atoms with Gasteiger partial charge in [0.25, 0.3) is 0 Å². The summed E-state index contributed by atoms with van der Waals surface area (Å²) in [7, 11) is 0. The Labute approximate surface area is 112 Å². The maximum Gasteiger partial charge on any atom is 0.226 e. The van der Waals surface area contributed by atoms with E-state index < -0.39 is 0 Å². The Morgan fingerprint density at radius 3 is 3.05 bits per heavy atom. The third kappa shape index (κ3) is 2.22. The topological polar surface area (TPSA) is 87.6 Å². The Bertz CT molecular complexity index is 490. The van der Waals surface area contributed by atoms with E-state index >= 15 is 0 Å². The summed E-state index contributed by atoms with van der Waals surface area (Å²) >= 11 is 0. The fourth-order valence-corrected chi connectivity index (χ4v) is 3.33. The van der Waals surface area contributed by atoms with Gasteiger partial charge in [-0.3, -0.25) is 0 Å². The molecule has 0 aromatic carbocycles. The van der Waals surface area contributed by atoms with Crippen molar-refractivity contribution < 1.29 is 5.21 Å². The van der Waals surface area contributed by atoms with Crippen LogP contribution in [0.5, 0.6) is 0 Å². The second-order valence-corrected chi connectivity index (χ2v) is 5.32. The number of aromatic nitrogens is 2. The van der Waals surface area contributed by atoms with Gasteiger partial charge in [-0.15, -0.1) is 0 Å². The molecule has 2 heterocycles. The number of nitrogens with zero attached hydrogens (tertiary/aromatic N) is 4. The van der Waals surface area contributed by atoms with Crippen LogP contribution in [0.3, 0.4) is 0 Å². The minimum absolute atomic E-state index is 0.0306. The van der Waals surface area contributed by atoms with Crippen molar-refractivity contribution in [3.05, 3.63) is 18.0 Å². The Morgan fingerprint density at radius 1 is 1.37 bits per heavy atom. The molecule has 6 nitrogen and oxygen atoms in total. The molecule has 2 aliphatic rings. The van der Waals surface area contributed by atoms with Crippen molar-refractivity contribution in [2.45, 2.75) is 38.1 Å². The molecule has 1 aromatic heterocycles. The molecule has 2 unspecified atom stereocenters. The van der Waals surface area contributed by atoms with Crippen LogP contribution in [0.15, 0.2) is 17.4 Å². The predicted molar refractivity (Wildman–Crippen MR) is 72.3 cm³/mol. The zero-order valence-electron chi connectivity index (χ0n) is 10.9. The Morgan fingerprint density at radius 2 is 2.21 bits per heavy atom. The number of anilines is 1. The van der Waals surface area contributed by atoms with Gasteiger partial charge in [0.15, 0.2) is 5.84 Å². The molecule has 0 amide bonds. The van der Waals surface area contributed by atoms with Gasteiger partial charge in [0.2, 0.25) is 5.95 Å². The highest BCUT2D eigenvalue weighted by Gasteiger charge is 2.36. The molecule has 102 valence electrons. The van der Waals surface area contributed by atoms with Crippen LogP contribution in [0.4, 0.5) is 5.95 Å². The van der Waals surface area contributed by atoms with Gasteiger partial charge in [0.1, 0.15) is 5.69 Å². The second-order valence-electron chi connectivity index (χ2n) is 5.32. The zero-order valence-corrected chi connectivity index (χ0v) is 10.9. The van der Waals surface area contributed by atoms with E-state index in [1.807, 2.05) is 0 Å². The molecule has 1 aliphatic heterocycles. The smallest absolute Gasteiger partial charge is 0.226 e. The summed E-state index contributed by atoms with van der Waals surface area (Å²) in [4.78, 5) is 11.1. The molecule has 1 saturated carbocycles. The molecular formula is C13H19N5O. The number of oxime groups is 1. The number of nitrogens with two attached hydrogens (primary N) is 1. The van der Waals surface area contributed by atoms with E-state index in [9.17, 15) is 0 Å². The van der Waals surface area contributed by atoms with Crippen molar-refractivity contribution in [2.75, 3.05) is 11.4 Å². The normalized spacial score (nSPS) is 27.4. The number of hydrogen-bond donors (Lipinski definition) is 2. The molecule has 2 atom stereocenters. The summed E-state index contributed by atoms with van der Waals surface area (Å²) in [6.45, 7) is 1.01. The first-order chi connectivity index (χ1) is 9.29. The summed E-state index contributed by atoms with van der Waals surface area (Å²) < 4.78 is 0. The largest absolute Gasteiger partial charge is 0.409 e. The van der Waals surface area contributed by atoms with Crippen molar-refractivity contribution in [3.63, 3.8) is 0 Å². The first kappa shape index (κ1) is 12.2. The van der Waals surface area contributed by atoms with Crippen LogP contribution in [0, 0.1) is 5.92 Å². The Kier molecular flexibility index (Phi) is 3.23. The predicted octanol–water partition coefficient (Wildman–Crippen LogP) is 1.34. The van der Waals surface area contributed by atoms with E-state index in [2.05, 4.69) is 20.0 Å². The van der Waals surface area contributed by atoms with E-state index in [-0.39, 0.29) is 5.84 Å². The van der Waals surface area contributed by atoms with Crippen LogP contribution in [-0.2, 0) is 0 Å². The van der Waals surface area contributed by atoms with E-state index in [1.54, 1.807) is 12.3 Å². The van der Waals surface area contributed by atoms with Crippen molar-refractivity contribution in [1.82, 2.24) is 9.97 Å². The highest BCUT2D eigenvalue weighted by Crippen LogP contribution is 2.37. The summed E-state index contributed by atoms with van der Waals surface area (Å²) in [5.74, 6) is 1.52. The maximum absolute atomic E-state index is 8.72. The number of fused-ring (bicyclic) bond motifs is 1. The standard InChI is InChI=1S/C13H19N5O/c14-12(17-19)10-5-7-15-13(16-10)18-8-6-9-3-1-2-4-11(9)18/h5,7,9,11,19H,1-4,6,8H2,(H2,14,17). The molecule has 19 heavy (non-hydrogen) atoms. The first-order valence-corrected chi connectivity index (χ1v) is 6.87. The van der Waals surface area contributed by atoms with Gasteiger partial charge in [-0.25, -0.2) is 9.97 Å². The summed E-state index contributed by atoms with van der Waals surface area (Å²) in [5.41, 5.74) is 6.06. The fourth-order valence-electron chi connectivity index (χ4n) is 3.33. The van der Waals surface area contributed by atoms with E-state index in [0.29, 0.717) is 17.7 Å². The average Bonchev–Trinajstić information content (AvgIpc) is 2.90. The minimum Gasteiger partial charge on any atom is -0.409 e. The molecule has 1 aromatic rings. The lowest BCUT2D eigenvalue weighted by Crippen LogP contribution is -2.36. The Balaban J connectivity index is 1.86. The van der Waals surface area contributed by atoms with Gasteiger partial charge in [0, 0.05) is 18.8 Å². The molecule has 0 spiro atoms. The maximum atomic E-state index is 8.72. The molecule has 3 rings (SSSR count).